The van der Waals surface area contributed by atoms with E-state index < -0.39 is 0 Å². The number of carbonyl (C=O) groups is 1. The number of rotatable bonds is 6. The van der Waals surface area contributed by atoms with Crippen LogP contribution in [0.25, 0.3) is 0 Å². The molecule has 0 saturated heterocycles. The molecule has 0 heterocycles. The van der Waals surface area contributed by atoms with Gasteiger partial charge in [0.2, 0.25) is 0 Å². The van der Waals surface area contributed by atoms with Gasteiger partial charge in [-0.1, -0.05) is 13.3 Å². The zero-order chi connectivity index (χ0) is 8.69. The molecule has 0 fully saturated rings. The van der Waals surface area contributed by atoms with E-state index in [1.54, 1.807) is 0 Å². The van der Waals surface area contributed by atoms with Crippen LogP contribution < -0.4 is 5.23 Å². The van der Waals surface area contributed by atoms with Gasteiger partial charge in [0, 0.05) is 5.92 Å². The molecule has 11 heavy (non-hydrogen) atoms. The van der Waals surface area contributed by atoms with Gasteiger partial charge in [-0.15, -0.1) is 0 Å². The van der Waals surface area contributed by atoms with Crippen LogP contribution >= 0.6 is 0 Å². The van der Waals surface area contributed by atoms with Gasteiger partial charge in [-0.25, -0.2) is 0 Å². The highest BCUT2D eigenvalue weighted by atomic mass is 16.1. The molecule has 0 bridgehead atoms. The molecule has 58 valence electrons. The smallest absolute Gasteiger partial charge is 0.177 e. The van der Waals surface area contributed by atoms with Crippen molar-refractivity contribution < 1.29 is 4.79 Å². The summed E-state index contributed by atoms with van der Waals surface area (Å²) in [5, 5.41) is 2.55. The van der Waals surface area contributed by atoms with Crippen LogP contribution in [0.2, 0.25) is 0 Å². The Labute approximate surface area is 71.0 Å². The highest BCUT2D eigenvalue weighted by Gasteiger charge is 2.04. The monoisotopic (exact) mass is 149 g/mol. The van der Waals surface area contributed by atoms with Crippen molar-refractivity contribution in [2.24, 2.45) is 5.92 Å². The summed E-state index contributed by atoms with van der Waals surface area (Å²) in [6.07, 6.45) is 2.85. The largest absolute Gasteiger partial charge is 0.366 e. The van der Waals surface area contributed by atoms with Crippen molar-refractivity contribution in [2.45, 2.75) is 26.2 Å². The van der Waals surface area contributed by atoms with E-state index in [-0.39, 0.29) is 11.6 Å². The van der Waals surface area contributed by atoms with Gasteiger partial charge in [-0.3, -0.25) is 0 Å². The Kier molecular flexibility index (Phi) is 6.33. The fourth-order valence-electron chi connectivity index (χ4n) is 0.820. The molecule has 4 heteroatoms. The van der Waals surface area contributed by atoms with Crippen molar-refractivity contribution in [2.75, 3.05) is 6.54 Å². The maximum atomic E-state index is 10.5. The molecule has 1 N–H and O–H groups in total. The molecule has 1 atom stereocenters. The van der Waals surface area contributed by atoms with Crippen molar-refractivity contribution in [3.8, 4) is 0 Å². The standard InChI is InChI=1S/C7H13B2NO/c1-6(7(8)11)4-2-3-5-10-9/h6,10H,2-5H2,1H3/t6-/m0/s1. The fourth-order valence-corrected chi connectivity index (χ4v) is 0.820. The fraction of sp³-hybridized carbons (Fsp3) is 0.857. The average Bonchev–Trinajstić information content (AvgIpc) is 1.97. The van der Waals surface area contributed by atoms with Crippen LogP contribution in [0, 0.1) is 5.92 Å². The summed E-state index contributed by atoms with van der Waals surface area (Å²) >= 11 is 0. The lowest BCUT2D eigenvalue weighted by Crippen LogP contribution is -2.12. The minimum atomic E-state index is -0.217. The van der Waals surface area contributed by atoms with Gasteiger partial charge in [0.25, 0.3) is 0 Å². The van der Waals surface area contributed by atoms with E-state index in [9.17, 15) is 4.79 Å². The Morgan fingerprint density at radius 1 is 1.55 bits per heavy atom. The predicted octanol–water partition coefficient (Wildman–Crippen LogP) is 0.161. The van der Waals surface area contributed by atoms with Gasteiger partial charge in [-0.05, 0) is 19.4 Å². The summed E-state index contributed by atoms with van der Waals surface area (Å²) in [7, 11) is 10.1. The first-order chi connectivity index (χ1) is 5.18. The summed E-state index contributed by atoms with van der Waals surface area (Å²) in [4.78, 5) is 10.5. The van der Waals surface area contributed by atoms with E-state index in [1.807, 2.05) is 6.92 Å². The Balaban J connectivity index is 3.17. The zero-order valence-electron chi connectivity index (χ0n) is 6.97. The van der Waals surface area contributed by atoms with Crippen molar-refractivity contribution in [3.05, 3.63) is 0 Å². The van der Waals surface area contributed by atoms with Gasteiger partial charge in [0.15, 0.2) is 15.8 Å². The third kappa shape index (κ3) is 6.17. The first kappa shape index (κ1) is 10.8. The van der Waals surface area contributed by atoms with E-state index in [1.165, 1.54) is 0 Å². The normalized spacial score (nSPS) is 12.8. The van der Waals surface area contributed by atoms with Crippen LogP contribution in [0.3, 0.4) is 0 Å². The average molecular weight is 149 g/mol. The maximum absolute atomic E-state index is 10.5. The summed E-state index contributed by atoms with van der Waals surface area (Å²) < 4.78 is 0. The summed E-state index contributed by atoms with van der Waals surface area (Å²) in [6.45, 7) is 2.64. The molecule has 0 aromatic heterocycles. The second kappa shape index (κ2) is 6.47. The number of nitrogens with one attached hydrogen (secondary N) is 1. The molecule has 0 saturated carbocycles. The van der Waals surface area contributed by atoms with Crippen LogP contribution in [0.1, 0.15) is 26.2 Å². The lowest BCUT2D eigenvalue weighted by atomic mass is 9.87. The second-order valence-electron chi connectivity index (χ2n) is 2.75. The highest BCUT2D eigenvalue weighted by molar-refractivity contribution is 6.58. The first-order valence-corrected chi connectivity index (χ1v) is 3.91. The molecule has 0 aromatic carbocycles. The lowest BCUT2D eigenvalue weighted by molar-refractivity contribution is -0.114. The van der Waals surface area contributed by atoms with Gasteiger partial charge < -0.3 is 10.0 Å². The van der Waals surface area contributed by atoms with Crippen LogP contribution in [0.15, 0.2) is 0 Å². The van der Waals surface area contributed by atoms with E-state index in [0.717, 1.165) is 25.8 Å². The third-order valence-electron chi connectivity index (χ3n) is 1.69. The number of unbranched alkanes of at least 4 members (excludes halogenated alkanes) is 1. The van der Waals surface area contributed by atoms with Crippen molar-refractivity contribution in [3.63, 3.8) is 0 Å². The zero-order valence-corrected chi connectivity index (χ0v) is 6.97. The van der Waals surface area contributed by atoms with Crippen molar-refractivity contribution in [1.82, 2.24) is 5.23 Å². The van der Waals surface area contributed by atoms with E-state index in [2.05, 4.69) is 5.23 Å². The molecule has 2 nitrogen and oxygen atoms in total. The van der Waals surface area contributed by atoms with Gasteiger partial charge in [-0.2, -0.15) is 0 Å². The first-order valence-electron chi connectivity index (χ1n) is 3.91. The molecular formula is C7H13B2NO. The summed E-state index contributed by atoms with van der Waals surface area (Å²) in [6, 6.07) is 0. The SMILES string of the molecule is [B]NCCCC[C@H](C)C([B])=O. The molecule has 0 unspecified atom stereocenters. The van der Waals surface area contributed by atoms with Crippen LogP contribution in [0.5, 0.6) is 0 Å². The maximum Gasteiger partial charge on any atom is 0.177 e. The second-order valence-corrected chi connectivity index (χ2v) is 2.75. The summed E-state index contributed by atoms with van der Waals surface area (Å²) in [5.41, 5.74) is -0.217. The van der Waals surface area contributed by atoms with Crippen molar-refractivity contribution in [1.29, 1.82) is 0 Å². The van der Waals surface area contributed by atoms with Gasteiger partial charge >= 0.3 is 0 Å². The van der Waals surface area contributed by atoms with E-state index >= 15 is 0 Å². The number of hydrogen-bond donors (Lipinski definition) is 1. The third-order valence-corrected chi connectivity index (χ3v) is 1.69. The number of hydrogen-bond acceptors (Lipinski definition) is 2. The quantitative estimate of drug-likeness (QED) is 0.430. The molecular weight excluding hydrogens is 136 g/mol. The summed E-state index contributed by atoms with van der Waals surface area (Å²) in [5.74, 6) is -0.00669. The topological polar surface area (TPSA) is 29.1 Å². The molecule has 0 aromatic rings. The van der Waals surface area contributed by atoms with E-state index in [4.69, 9.17) is 15.8 Å². The number of carbonyl (C=O) groups excluding carboxylic acids is 1. The molecule has 0 aliphatic heterocycles. The molecule has 0 aliphatic carbocycles. The highest BCUT2D eigenvalue weighted by Crippen LogP contribution is 2.06. The van der Waals surface area contributed by atoms with E-state index in [0.29, 0.717) is 0 Å². The molecule has 0 rings (SSSR count). The molecule has 0 spiro atoms. The Morgan fingerprint density at radius 3 is 2.64 bits per heavy atom. The van der Waals surface area contributed by atoms with Crippen LogP contribution in [-0.4, -0.2) is 28.1 Å². The minimum absolute atomic E-state index is 0.00669. The predicted molar refractivity (Wildman–Crippen MR) is 47.5 cm³/mol. The Morgan fingerprint density at radius 2 is 2.18 bits per heavy atom. The Hall–Kier alpha value is -0.240. The van der Waals surface area contributed by atoms with Crippen LogP contribution in [-0.2, 0) is 4.79 Å². The van der Waals surface area contributed by atoms with Crippen molar-refractivity contribution >= 4 is 21.5 Å². The lowest BCUT2D eigenvalue weighted by Gasteiger charge is -2.06. The van der Waals surface area contributed by atoms with Crippen LogP contribution in [0.4, 0.5) is 0 Å². The Bertz CT molecular complexity index is 119. The molecule has 0 aliphatic rings. The van der Waals surface area contributed by atoms with Gasteiger partial charge in [0.05, 0.1) is 5.68 Å². The van der Waals surface area contributed by atoms with Gasteiger partial charge in [0.1, 0.15) is 0 Å². The molecule has 4 radical (unpaired) electrons. The molecule has 0 amide bonds. The minimum Gasteiger partial charge on any atom is -0.366 e.